The number of ether oxygens (including phenoxy) is 4. The van der Waals surface area contributed by atoms with Crippen LogP contribution >= 0.6 is 0 Å². The van der Waals surface area contributed by atoms with Gasteiger partial charge in [0.05, 0.1) is 18.8 Å². The fourth-order valence-corrected chi connectivity index (χ4v) is 6.99. The van der Waals surface area contributed by atoms with Gasteiger partial charge in [0.25, 0.3) is 5.97 Å². The number of nitrogens with two attached hydrogens (primary N) is 4. The van der Waals surface area contributed by atoms with E-state index < -0.39 is 98.2 Å². The molecule has 19 heteroatoms. The van der Waals surface area contributed by atoms with Gasteiger partial charge in [-0.05, 0) is 6.42 Å². The van der Waals surface area contributed by atoms with Gasteiger partial charge < -0.3 is 77.6 Å². The fraction of sp³-hybridized carbons (Fsp3) is 0.958. The average molecular weight is 897 g/mol. The van der Waals surface area contributed by atoms with Crippen molar-refractivity contribution >= 4 is 77.8 Å². The van der Waals surface area contributed by atoms with Crippen LogP contribution in [0.5, 0.6) is 0 Å². The molecule has 4 aliphatic rings. The molecule has 3 heterocycles. The van der Waals surface area contributed by atoms with Crippen molar-refractivity contribution in [2.24, 2.45) is 22.9 Å². The Morgan fingerprint density at radius 3 is 1.77 bits per heavy atom. The standard InChI is InChI=1S/C17H34N4O10.C5H10Se.C2H4O2.Na.Pb.3H/c18-2-6-10(24)12(26)8(21)16(28-6)30-14-5(20)1-4(19)9(23)15(14)31-17-13(27)11(25)7(3-22)29-17;1-2-4-6-5-3-1;1-2(3)4;;;;;/h4-17,22-27H,1-3,18-21H2;1-5H2;1H3,(H,3,4);;;;;/t4-,5+,6-,7-,8-,9?,10-,11-,12-,13-,14-,15-,16-,17+;;;;;;;/m1......./s1. The molecule has 43 heavy (non-hydrogen) atoms. The Balaban J connectivity index is 0.00000126. The van der Waals surface area contributed by atoms with Crippen LogP contribution in [0.2, 0.25) is 10.6 Å². The molecule has 4 rings (SSSR count). The topological polar surface area (TPSA) is 300 Å². The van der Waals surface area contributed by atoms with Crippen LogP contribution in [-0.4, -0.2) is 212 Å². The van der Waals surface area contributed by atoms with E-state index in [0.29, 0.717) is 0 Å². The number of hydrogen-bond donors (Lipinski definition) is 11. The summed E-state index contributed by atoms with van der Waals surface area (Å²) in [5.41, 5.74) is 23.6. The average Bonchev–Trinajstić information content (AvgIpc) is 3.22. The Labute approximate surface area is 300 Å². The van der Waals surface area contributed by atoms with Crippen LogP contribution in [0.15, 0.2) is 0 Å². The van der Waals surface area contributed by atoms with Gasteiger partial charge in [-0.25, -0.2) is 0 Å². The molecule has 1 unspecified atom stereocenters. The Kier molecular flexibility index (Phi) is 22.8. The molecule has 3 saturated heterocycles. The van der Waals surface area contributed by atoms with E-state index in [9.17, 15) is 30.6 Å². The van der Waals surface area contributed by atoms with Gasteiger partial charge in [0.2, 0.25) is 0 Å². The predicted molar refractivity (Wildman–Crippen MR) is 160 cm³/mol. The van der Waals surface area contributed by atoms with Crippen LogP contribution in [0.4, 0.5) is 0 Å². The molecule has 2 radical (unpaired) electrons. The molecule has 250 valence electrons. The van der Waals surface area contributed by atoms with Crippen molar-refractivity contribution in [1.82, 2.24) is 0 Å². The summed E-state index contributed by atoms with van der Waals surface area (Å²) >= 11 is 1.05. The van der Waals surface area contributed by atoms with Gasteiger partial charge in [-0.15, -0.1) is 0 Å². The number of carbonyl (C=O) groups is 1. The first-order valence-electron chi connectivity index (χ1n) is 13.7. The second kappa shape index (κ2) is 22.1. The summed E-state index contributed by atoms with van der Waals surface area (Å²) in [6.07, 6.45) is -9.20. The fourth-order valence-electron chi connectivity index (χ4n) is 4.85. The van der Waals surface area contributed by atoms with Gasteiger partial charge >= 0.3 is 102 Å². The molecule has 0 aromatic heterocycles. The van der Waals surface area contributed by atoms with Crippen molar-refractivity contribution in [3.05, 3.63) is 0 Å². The normalized spacial score (nSPS) is 42.6. The van der Waals surface area contributed by atoms with Crippen molar-refractivity contribution in [3.63, 3.8) is 0 Å². The molecule has 0 aromatic rings. The van der Waals surface area contributed by atoms with E-state index in [1.165, 1.54) is 19.3 Å². The number of carboxylic acid groups (broad SMARTS) is 1. The Hall–Kier alpha value is 1.35. The van der Waals surface area contributed by atoms with Crippen molar-refractivity contribution in [1.29, 1.82) is 0 Å². The molecular weight excluding hydrogens is 845 g/mol. The molecule has 15 N–H and O–H groups in total. The van der Waals surface area contributed by atoms with Crippen LogP contribution in [0.25, 0.3) is 0 Å². The summed E-state index contributed by atoms with van der Waals surface area (Å²) in [7, 11) is 0. The Bertz CT molecular complexity index is 770. The zero-order chi connectivity index (χ0) is 30.9. The first-order valence-corrected chi connectivity index (χ1v) is 16.1. The Morgan fingerprint density at radius 2 is 1.33 bits per heavy atom. The van der Waals surface area contributed by atoms with E-state index in [1.54, 1.807) is 10.6 Å². The van der Waals surface area contributed by atoms with Gasteiger partial charge in [-0.3, -0.25) is 4.79 Å². The quantitative estimate of drug-likeness (QED) is 0.111. The summed E-state index contributed by atoms with van der Waals surface area (Å²) in [5, 5.41) is 70.8. The van der Waals surface area contributed by atoms with Gasteiger partial charge in [0.1, 0.15) is 48.8 Å². The van der Waals surface area contributed by atoms with Crippen molar-refractivity contribution < 1.29 is 59.5 Å². The summed E-state index contributed by atoms with van der Waals surface area (Å²) < 4.78 is 22.5. The van der Waals surface area contributed by atoms with Crippen LogP contribution in [-0.2, 0) is 23.7 Å². The van der Waals surface area contributed by atoms with E-state index >= 15 is 0 Å². The van der Waals surface area contributed by atoms with Gasteiger partial charge in [0, 0.05) is 25.6 Å². The van der Waals surface area contributed by atoms with Gasteiger partial charge in [-0.1, -0.05) is 0 Å². The molecule has 1 aliphatic carbocycles. The van der Waals surface area contributed by atoms with E-state index in [-0.39, 0.29) is 69.8 Å². The third kappa shape index (κ3) is 13.1. The molecule has 14 atom stereocenters. The SMILES string of the molecule is C1CC[Se]CC1.CC(=O)O.NC[C@H]1O[C@H](O[C@H]2[C@H](O[C@@H]3O[C@H](CO)[C@@H](O)[C@H]3O)C(O)[C@H](N)C[C@@H]2N)[C@H](N)[C@@H](O)[C@@H]1O.[NaH].[PbH2]. The summed E-state index contributed by atoms with van der Waals surface area (Å²) in [4.78, 5) is 9.00. The minimum atomic E-state index is -1.51. The van der Waals surface area contributed by atoms with Crippen molar-refractivity contribution in [3.8, 4) is 0 Å². The maximum atomic E-state index is 10.6. The molecule has 4 fully saturated rings. The summed E-state index contributed by atoms with van der Waals surface area (Å²) in [6.45, 7) is 0.410. The molecule has 0 aromatic carbocycles. The third-order valence-electron chi connectivity index (χ3n) is 7.20. The number of rotatable bonds is 6. The molecular formula is C24H51N4NaO12PbSe. The monoisotopic (exact) mass is 898 g/mol. The molecule has 16 nitrogen and oxygen atoms in total. The van der Waals surface area contributed by atoms with Gasteiger partial charge in [-0.2, -0.15) is 0 Å². The van der Waals surface area contributed by atoms with Gasteiger partial charge in [0.15, 0.2) is 12.6 Å². The molecule has 3 aliphatic heterocycles. The molecule has 0 bridgehead atoms. The van der Waals surface area contributed by atoms with E-state index in [0.717, 1.165) is 21.9 Å². The number of hydrogen-bond acceptors (Lipinski definition) is 15. The number of aliphatic carboxylic acids is 1. The summed E-state index contributed by atoms with van der Waals surface area (Å²) in [6, 6.07) is -2.72. The zero-order valence-corrected chi connectivity index (χ0v) is 31.0. The minimum absolute atomic E-state index is 0. The first-order chi connectivity index (χ1) is 19.3. The van der Waals surface area contributed by atoms with Crippen molar-refractivity contribution in [2.45, 2.75) is 129 Å². The van der Waals surface area contributed by atoms with Crippen molar-refractivity contribution in [2.75, 3.05) is 13.2 Å². The number of aliphatic hydroxyl groups excluding tert-OH is 6. The Morgan fingerprint density at radius 1 is 0.814 bits per heavy atom. The van der Waals surface area contributed by atoms with Crippen LogP contribution in [0, 0.1) is 0 Å². The second-order valence-corrected chi connectivity index (χ2v) is 13.1. The maximum absolute atomic E-state index is 10.6. The molecule has 0 amide bonds. The van der Waals surface area contributed by atoms with E-state index in [2.05, 4.69) is 0 Å². The van der Waals surface area contributed by atoms with Crippen LogP contribution < -0.4 is 22.9 Å². The first kappa shape index (κ1) is 44.4. The third-order valence-corrected chi connectivity index (χ3v) is 9.63. The summed E-state index contributed by atoms with van der Waals surface area (Å²) in [5.74, 6) is -0.833. The second-order valence-electron chi connectivity index (χ2n) is 10.5. The molecule has 1 saturated carbocycles. The zero-order valence-electron chi connectivity index (χ0n) is 23.8. The van der Waals surface area contributed by atoms with E-state index in [4.69, 9.17) is 51.8 Å². The van der Waals surface area contributed by atoms with Crippen LogP contribution in [0.3, 0.4) is 0 Å². The van der Waals surface area contributed by atoms with E-state index in [1.807, 2.05) is 0 Å². The molecule has 0 spiro atoms. The van der Waals surface area contributed by atoms with Crippen LogP contribution in [0.1, 0.15) is 32.6 Å². The number of carboxylic acids is 1. The predicted octanol–water partition coefficient (Wildman–Crippen LogP) is -6.42. The number of aliphatic hydroxyl groups is 6.